The van der Waals surface area contributed by atoms with E-state index in [1.807, 2.05) is 30.3 Å². The SMILES string of the molecule is O=C(CS[C@H]1CC(=O)N(c2ccc(I)cc2)C1=O)Nc1ccccc1. The Morgan fingerprint density at radius 3 is 2.48 bits per heavy atom. The molecule has 7 heteroatoms. The van der Waals surface area contributed by atoms with E-state index in [1.165, 1.54) is 16.7 Å². The van der Waals surface area contributed by atoms with Crippen molar-refractivity contribution in [2.75, 3.05) is 16.0 Å². The third kappa shape index (κ3) is 4.40. The van der Waals surface area contributed by atoms with Gasteiger partial charge >= 0.3 is 0 Å². The molecule has 3 amide bonds. The van der Waals surface area contributed by atoms with Gasteiger partial charge in [0.2, 0.25) is 17.7 Å². The molecule has 1 aliphatic heterocycles. The largest absolute Gasteiger partial charge is 0.325 e. The van der Waals surface area contributed by atoms with Crippen molar-refractivity contribution in [2.24, 2.45) is 0 Å². The van der Waals surface area contributed by atoms with Crippen LogP contribution in [0.25, 0.3) is 0 Å². The molecule has 2 aromatic rings. The molecule has 2 aromatic carbocycles. The zero-order valence-corrected chi connectivity index (χ0v) is 16.1. The van der Waals surface area contributed by atoms with Crippen LogP contribution < -0.4 is 10.2 Å². The van der Waals surface area contributed by atoms with Gasteiger partial charge in [-0.05, 0) is 59.0 Å². The van der Waals surface area contributed by atoms with Crippen LogP contribution in [0.15, 0.2) is 54.6 Å². The van der Waals surface area contributed by atoms with E-state index in [-0.39, 0.29) is 29.9 Å². The van der Waals surface area contributed by atoms with Gasteiger partial charge in [-0.3, -0.25) is 14.4 Å². The number of nitrogens with one attached hydrogen (secondary N) is 1. The molecule has 0 unspecified atom stereocenters. The standard InChI is InChI=1S/C18H15IN2O3S/c19-12-6-8-14(9-7-12)21-17(23)10-15(18(21)24)25-11-16(22)20-13-4-2-1-3-5-13/h1-9,15H,10-11H2,(H,20,22)/t15-/m0/s1. The number of thioether (sulfide) groups is 1. The molecule has 1 N–H and O–H groups in total. The summed E-state index contributed by atoms with van der Waals surface area (Å²) in [4.78, 5) is 37.9. The van der Waals surface area contributed by atoms with Gasteiger partial charge in [0.05, 0.1) is 16.7 Å². The van der Waals surface area contributed by atoms with Crippen LogP contribution in [0.1, 0.15) is 6.42 Å². The van der Waals surface area contributed by atoms with Gasteiger partial charge in [0, 0.05) is 15.7 Å². The van der Waals surface area contributed by atoms with Crippen molar-refractivity contribution < 1.29 is 14.4 Å². The maximum absolute atomic E-state index is 12.5. The number of benzene rings is 2. The minimum absolute atomic E-state index is 0.119. The van der Waals surface area contributed by atoms with Crippen molar-refractivity contribution in [2.45, 2.75) is 11.7 Å². The van der Waals surface area contributed by atoms with E-state index in [1.54, 1.807) is 24.3 Å². The van der Waals surface area contributed by atoms with E-state index >= 15 is 0 Å². The quantitative estimate of drug-likeness (QED) is 0.543. The first-order chi connectivity index (χ1) is 12.0. The molecule has 0 aromatic heterocycles. The summed E-state index contributed by atoms with van der Waals surface area (Å²) in [5.41, 5.74) is 1.29. The highest BCUT2D eigenvalue weighted by Crippen LogP contribution is 2.30. The molecule has 1 atom stereocenters. The second kappa shape index (κ2) is 8.01. The molecular weight excluding hydrogens is 451 g/mol. The van der Waals surface area contributed by atoms with Gasteiger partial charge in [-0.25, -0.2) is 4.90 Å². The van der Waals surface area contributed by atoms with Crippen molar-refractivity contribution in [1.82, 2.24) is 0 Å². The van der Waals surface area contributed by atoms with E-state index in [0.717, 1.165) is 3.57 Å². The number of carbonyl (C=O) groups is 3. The summed E-state index contributed by atoms with van der Waals surface area (Å²) in [7, 11) is 0. The molecule has 0 saturated carbocycles. The number of nitrogens with zero attached hydrogens (tertiary/aromatic N) is 1. The van der Waals surface area contributed by atoms with Crippen LogP contribution >= 0.6 is 34.4 Å². The van der Waals surface area contributed by atoms with E-state index in [2.05, 4.69) is 27.9 Å². The van der Waals surface area contributed by atoms with Gasteiger partial charge in [-0.15, -0.1) is 11.8 Å². The normalized spacial score (nSPS) is 17.0. The number of hydrogen-bond donors (Lipinski definition) is 1. The number of anilines is 2. The van der Waals surface area contributed by atoms with Crippen molar-refractivity contribution in [3.63, 3.8) is 0 Å². The van der Waals surface area contributed by atoms with Gasteiger partial charge in [-0.2, -0.15) is 0 Å². The Kier molecular flexibility index (Phi) is 5.74. The monoisotopic (exact) mass is 466 g/mol. The van der Waals surface area contributed by atoms with Crippen LogP contribution in [0.4, 0.5) is 11.4 Å². The lowest BCUT2D eigenvalue weighted by molar-refractivity contribution is -0.121. The summed E-state index contributed by atoms with van der Waals surface area (Å²) < 4.78 is 1.03. The van der Waals surface area contributed by atoms with E-state index in [9.17, 15) is 14.4 Å². The summed E-state index contributed by atoms with van der Waals surface area (Å²) in [6, 6.07) is 16.3. The lowest BCUT2D eigenvalue weighted by atomic mass is 10.3. The fourth-order valence-corrected chi connectivity index (χ4v) is 3.78. The maximum atomic E-state index is 12.5. The molecule has 1 aliphatic rings. The van der Waals surface area contributed by atoms with Gasteiger partial charge in [0.1, 0.15) is 0 Å². The van der Waals surface area contributed by atoms with Crippen LogP contribution in [-0.4, -0.2) is 28.7 Å². The molecule has 0 spiro atoms. The topological polar surface area (TPSA) is 66.5 Å². The van der Waals surface area contributed by atoms with Crippen LogP contribution in [-0.2, 0) is 14.4 Å². The average Bonchev–Trinajstić information content (AvgIpc) is 2.89. The Morgan fingerprint density at radius 2 is 1.80 bits per heavy atom. The summed E-state index contributed by atoms with van der Waals surface area (Å²) in [5, 5.41) is 2.25. The molecule has 0 bridgehead atoms. The fourth-order valence-electron chi connectivity index (χ4n) is 2.49. The highest BCUT2D eigenvalue weighted by Gasteiger charge is 2.39. The van der Waals surface area contributed by atoms with E-state index < -0.39 is 5.25 Å². The molecule has 5 nitrogen and oxygen atoms in total. The van der Waals surface area contributed by atoms with Crippen LogP contribution in [0.5, 0.6) is 0 Å². The van der Waals surface area contributed by atoms with Crippen molar-refractivity contribution in [3.05, 3.63) is 58.2 Å². The third-order valence-corrected chi connectivity index (χ3v) is 5.58. The third-order valence-electron chi connectivity index (χ3n) is 3.66. The number of hydrogen-bond acceptors (Lipinski definition) is 4. The predicted molar refractivity (Wildman–Crippen MR) is 108 cm³/mol. The fraction of sp³-hybridized carbons (Fsp3) is 0.167. The number of amides is 3. The minimum atomic E-state index is -0.520. The summed E-state index contributed by atoms with van der Waals surface area (Å²) in [6.45, 7) is 0. The van der Waals surface area contributed by atoms with Crippen LogP contribution in [0.2, 0.25) is 0 Å². The average molecular weight is 466 g/mol. The predicted octanol–water partition coefficient (Wildman–Crippen LogP) is 3.30. The Labute approximate surface area is 163 Å². The Balaban J connectivity index is 1.59. The van der Waals surface area contributed by atoms with Crippen molar-refractivity contribution in [3.8, 4) is 0 Å². The molecule has 1 heterocycles. The highest BCUT2D eigenvalue weighted by atomic mass is 127. The van der Waals surface area contributed by atoms with Crippen LogP contribution in [0, 0.1) is 3.57 Å². The first-order valence-corrected chi connectivity index (χ1v) is 9.76. The Morgan fingerprint density at radius 1 is 1.12 bits per heavy atom. The van der Waals surface area contributed by atoms with Gasteiger partial charge in [0.25, 0.3) is 0 Å². The number of imide groups is 1. The second-order valence-electron chi connectivity index (χ2n) is 5.46. The smallest absolute Gasteiger partial charge is 0.247 e. The number of para-hydroxylation sites is 1. The van der Waals surface area contributed by atoms with Crippen LogP contribution in [0.3, 0.4) is 0 Å². The molecular formula is C18H15IN2O3S. The Bertz CT molecular complexity index is 796. The lowest BCUT2D eigenvalue weighted by Gasteiger charge is -2.15. The number of carbonyl (C=O) groups excluding carboxylic acids is 3. The highest BCUT2D eigenvalue weighted by molar-refractivity contribution is 14.1. The maximum Gasteiger partial charge on any atom is 0.247 e. The molecule has 3 rings (SSSR count). The summed E-state index contributed by atoms with van der Waals surface area (Å²) >= 11 is 3.37. The molecule has 0 aliphatic carbocycles. The first-order valence-electron chi connectivity index (χ1n) is 7.63. The Hall–Kier alpha value is -1.87. The zero-order valence-electron chi connectivity index (χ0n) is 13.1. The van der Waals surface area contributed by atoms with Gasteiger partial charge in [-0.1, -0.05) is 18.2 Å². The van der Waals surface area contributed by atoms with Gasteiger partial charge in [0.15, 0.2) is 0 Å². The molecule has 1 fully saturated rings. The molecule has 1 saturated heterocycles. The summed E-state index contributed by atoms with van der Waals surface area (Å²) in [5.74, 6) is -0.556. The van der Waals surface area contributed by atoms with Gasteiger partial charge < -0.3 is 5.32 Å². The number of halogens is 1. The molecule has 0 radical (unpaired) electrons. The minimum Gasteiger partial charge on any atom is -0.325 e. The lowest BCUT2D eigenvalue weighted by Crippen LogP contribution is -2.31. The second-order valence-corrected chi connectivity index (χ2v) is 7.90. The van der Waals surface area contributed by atoms with Crippen molar-refractivity contribution in [1.29, 1.82) is 0 Å². The van der Waals surface area contributed by atoms with E-state index in [4.69, 9.17) is 0 Å². The zero-order chi connectivity index (χ0) is 17.8. The van der Waals surface area contributed by atoms with E-state index in [0.29, 0.717) is 11.4 Å². The first kappa shape index (κ1) is 17.9. The molecule has 128 valence electrons. The number of rotatable bonds is 5. The summed E-state index contributed by atoms with van der Waals surface area (Å²) in [6.07, 6.45) is 0.119. The van der Waals surface area contributed by atoms with Crippen molar-refractivity contribution >= 4 is 63.4 Å². The molecule has 25 heavy (non-hydrogen) atoms.